The van der Waals surface area contributed by atoms with Crippen molar-refractivity contribution in [3.63, 3.8) is 0 Å². The maximum absolute atomic E-state index is 6.15. The van der Waals surface area contributed by atoms with E-state index in [-0.39, 0.29) is 18.3 Å². The van der Waals surface area contributed by atoms with Crippen LogP contribution in [0.5, 0.6) is 0 Å². The molecule has 3 aliphatic rings. The van der Waals surface area contributed by atoms with E-state index in [1.54, 1.807) is 0 Å². The predicted molar refractivity (Wildman–Crippen MR) is 74.9 cm³/mol. The van der Waals surface area contributed by atoms with Gasteiger partial charge in [-0.15, -0.1) is 0 Å². The minimum absolute atomic E-state index is 0.193. The van der Waals surface area contributed by atoms with E-state index >= 15 is 0 Å². The third kappa shape index (κ3) is 2.17. The van der Waals surface area contributed by atoms with Crippen molar-refractivity contribution in [2.75, 3.05) is 20.3 Å². The Bertz CT molecular complexity index is 391. The summed E-state index contributed by atoms with van der Waals surface area (Å²) in [5.74, 6) is 0. The fourth-order valence-corrected chi connectivity index (χ4v) is 2.96. The van der Waals surface area contributed by atoms with Gasteiger partial charge in [-0.05, 0) is 46.6 Å². The largest absolute Gasteiger partial charge is 0.490 e. The number of hydrogen-bond donors (Lipinski definition) is 0. The van der Waals surface area contributed by atoms with Gasteiger partial charge in [0, 0.05) is 6.04 Å². The van der Waals surface area contributed by atoms with Gasteiger partial charge in [0.1, 0.15) is 0 Å². The van der Waals surface area contributed by atoms with Crippen LogP contribution >= 0.6 is 0 Å². The zero-order chi connectivity index (χ0) is 13.8. The number of likely N-dealkylation sites (N-methyl/N-ethyl adjacent to an activating group) is 1. The Kier molecular flexibility index (Phi) is 3.10. The van der Waals surface area contributed by atoms with E-state index < -0.39 is 0 Å². The molecule has 0 saturated carbocycles. The fourth-order valence-electron chi connectivity index (χ4n) is 2.96. The van der Waals surface area contributed by atoms with Gasteiger partial charge in [0.25, 0.3) is 0 Å². The Balaban J connectivity index is 1.81. The summed E-state index contributed by atoms with van der Waals surface area (Å²) in [6.45, 7) is 10.00. The maximum atomic E-state index is 6.15. The third-order valence-electron chi connectivity index (χ3n) is 5.13. The van der Waals surface area contributed by atoms with Gasteiger partial charge in [-0.25, -0.2) is 0 Å². The zero-order valence-electron chi connectivity index (χ0n) is 12.6. The molecule has 0 spiro atoms. The standard InChI is InChI=1S/C14H24BNO3/c1-13(2)14(3,4)19-15(18-13)10-6-11-8-17-9-12(7-10)16(11)5/h6,11-12H,7-9H2,1-5H3. The molecule has 3 aliphatic heterocycles. The lowest BCUT2D eigenvalue weighted by atomic mass is 9.71. The second kappa shape index (κ2) is 4.32. The molecule has 19 heavy (non-hydrogen) atoms. The molecule has 0 aromatic carbocycles. The van der Waals surface area contributed by atoms with Crippen LogP contribution in [0.3, 0.4) is 0 Å². The minimum Gasteiger partial charge on any atom is -0.400 e. The van der Waals surface area contributed by atoms with Crippen LogP contribution in [0.2, 0.25) is 0 Å². The summed E-state index contributed by atoms with van der Waals surface area (Å²) in [6, 6.07) is 0.819. The van der Waals surface area contributed by atoms with Crippen LogP contribution in [0.1, 0.15) is 34.1 Å². The molecule has 0 amide bonds. The molecule has 2 saturated heterocycles. The predicted octanol–water partition coefficient (Wildman–Crippen LogP) is 1.65. The van der Waals surface area contributed by atoms with Crippen LogP contribution in [-0.4, -0.2) is 55.6 Å². The number of morpholine rings is 1. The average molecular weight is 265 g/mol. The molecular formula is C14H24BNO3. The highest BCUT2D eigenvalue weighted by Crippen LogP contribution is 2.40. The van der Waals surface area contributed by atoms with E-state index in [9.17, 15) is 0 Å². The molecule has 0 radical (unpaired) electrons. The van der Waals surface area contributed by atoms with Gasteiger partial charge in [-0.2, -0.15) is 0 Å². The molecule has 0 aliphatic carbocycles. The summed E-state index contributed by atoms with van der Waals surface area (Å²) in [6.07, 6.45) is 3.25. The van der Waals surface area contributed by atoms with Gasteiger partial charge >= 0.3 is 7.12 Å². The SMILES string of the molecule is CN1C2C=C(B3OC(C)(C)C(C)(C)O3)CC1COC2. The van der Waals surface area contributed by atoms with Gasteiger partial charge < -0.3 is 14.0 Å². The molecule has 5 heteroatoms. The molecule has 0 aromatic heterocycles. The molecule has 4 nitrogen and oxygen atoms in total. The topological polar surface area (TPSA) is 30.9 Å². The lowest BCUT2D eigenvalue weighted by molar-refractivity contribution is -0.0252. The molecular weight excluding hydrogens is 241 g/mol. The molecule has 2 bridgehead atoms. The highest BCUT2D eigenvalue weighted by Gasteiger charge is 2.53. The highest BCUT2D eigenvalue weighted by molar-refractivity contribution is 6.54. The van der Waals surface area contributed by atoms with E-state index in [0.717, 1.165) is 19.6 Å². The van der Waals surface area contributed by atoms with E-state index in [2.05, 4.69) is 45.7 Å². The lowest BCUT2D eigenvalue weighted by Crippen LogP contribution is -2.53. The molecule has 3 heterocycles. The molecule has 2 atom stereocenters. The van der Waals surface area contributed by atoms with E-state index in [0.29, 0.717) is 12.1 Å². The molecule has 0 N–H and O–H groups in total. The monoisotopic (exact) mass is 265 g/mol. The highest BCUT2D eigenvalue weighted by atomic mass is 16.7. The van der Waals surface area contributed by atoms with Gasteiger partial charge in [0.05, 0.1) is 30.5 Å². The van der Waals surface area contributed by atoms with Crippen LogP contribution in [0.4, 0.5) is 0 Å². The number of rotatable bonds is 1. The van der Waals surface area contributed by atoms with Crippen LogP contribution < -0.4 is 0 Å². The molecule has 3 rings (SSSR count). The van der Waals surface area contributed by atoms with Crippen molar-refractivity contribution in [2.45, 2.75) is 57.4 Å². The lowest BCUT2D eigenvalue weighted by Gasteiger charge is -2.42. The molecule has 106 valence electrons. The van der Waals surface area contributed by atoms with E-state index in [1.165, 1.54) is 5.47 Å². The summed E-state index contributed by atoms with van der Waals surface area (Å²) >= 11 is 0. The average Bonchev–Trinajstić information content (AvgIpc) is 2.47. The summed E-state index contributed by atoms with van der Waals surface area (Å²) < 4.78 is 17.9. The van der Waals surface area contributed by atoms with Gasteiger partial charge in [0.15, 0.2) is 0 Å². The van der Waals surface area contributed by atoms with Crippen molar-refractivity contribution in [1.82, 2.24) is 4.90 Å². The smallest absolute Gasteiger partial charge is 0.400 e. The molecule has 0 aromatic rings. The summed E-state index contributed by atoms with van der Waals surface area (Å²) in [7, 11) is 1.98. The van der Waals surface area contributed by atoms with Crippen molar-refractivity contribution in [2.24, 2.45) is 0 Å². The van der Waals surface area contributed by atoms with Crippen molar-refractivity contribution >= 4 is 7.12 Å². The Morgan fingerprint density at radius 1 is 1.16 bits per heavy atom. The Morgan fingerprint density at radius 2 is 1.79 bits per heavy atom. The zero-order valence-corrected chi connectivity index (χ0v) is 12.6. The van der Waals surface area contributed by atoms with E-state index in [4.69, 9.17) is 14.0 Å². The Morgan fingerprint density at radius 3 is 2.37 bits per heavy atom. The van der Waals surface area contributed by atoms with Gasteiger partial charge in [-0.3, -0.25) is 4.90 Å². The first-order valence-electron chi connectivity index (χ1n) is 7.16. The minimum atomic E-state index is -0.256. The summed E-state index contributed by atoms with van der Waals surface area (Å²) in [5, 5.41) is 0. The summed E-state index contributed by atoms with van der Waals surface area (Å²) in [5.41, 5.74) is 0.774. The second-order valence-corrected chi connectivity index (χ2v) is 6.96. The van der Waals surface area contributed by atoms with Crippen molar-refractivity contribution in [1.29, 1.82) is 0 Å². The normalized spacial score (nSPS) is 37.3. The summed E-state index contributed by atoms with van der Waals surface area (Å²) in [4.78, 5) is 2.40. The molecule has 2 fully saturated rings. The first-order chi connectivity index (χ1) is 8.80. The number of nitrogens with zero attached hydrogens (tertiary/aromatic N) is 1. The van der Waals surface area contributed by atoms with Crippen LogP contribution in [0.15, 0.2) is 11.5 Å². The number of fused-ring (bicyclic) bond motifs is 2. The van der Waals surface area contributed by atoms with Gasteiger partial charge in [0.2, 0.25) is 0 Å². The first kappa shape index (κ1) is 13.6. The Hall–Kier alpha value is -0.355. The van der Waals surface area contributed by atoms with Crippen LogP contribution in [0.25, 0.3) is 0 Å². The molecule has 2 unspecified atom stereocenters. The van der Waals surface area contributed by atoms with Crippen molar-refractivity contribution in [3.8, 4) is 0 Å². The van der Waals surface area contributed by atoms with Crippen molar-refractivity contribution in [3.05, 3.63) is 11.5 Å². The van der Waals surface area contributed by atoms with E-state index in [1.807, 2.05) is 0 Å². The van der Waals surface area contributed by atoms with Crippen LogP contribution in [-0.2, 0) is 14.0 Å². The number of hydrogen-bond acceptors (Lipinski definition) is 4. The number of ether oxygens (including phenoxy) is 1. The van der Waals surface area contributed by atoms with Gasteiger partial charge in [-0.1, -0.05) is 6.08 Å². The third-order valence-corrected chi connectivity index (χ3v) is 5.13. The first-order valence-corrected chi connectivity index (χ1v) is 7.16. The fraction of sp³-hybridized carbons (Fsp3) is 0.857. The quantitative estimate of drug-likeness (QED) is 0.674. The second-order valence-electron chi connectivity index (χ2n) is 6.96. The van der Waals surface area contributed by atoms with Crippen LogP contribution in [0, 0.1) is 0 Å². The van der Waals surface area contributed by atoms with Crippen molar-refractivity contribution < 1.29 is 14.0 Å². The maximum Gasteiger partial charge on any atom is 0.490 e. The Labute approximate surface area is 116 Å².